The van der Waals surface area contributed by atoms with Crippen LogP contribution in [0, 0.1) is 0 Å². The number of carbonyl (C=O) groups is 1. The summed E-state index contributed by atoms with van der Waals surface area (Å²) in [5.74, 6) is 0.585. The minimum atomic E-state index is 0.560. The Morgan fingerprint density at radius 1 is 1.29 bits per heavy atom. The van der Waals surface area contributed by atoms with E-state index in [4.69, 9.17) is 9.78 Å². The molecule has 2 rings (SSSR count). The van der Waals surface area contributed by atoms with Gasteiger partial charge in [-0.15, -0.1) is 0 Å². The molecular weight excluding hydrogens is 180 g/mol. The van der Waals surface area contributed by atoms with Crippen molar-refractivity contribution >= 4 is 6.29 Å². The lowest BCUT2D eigenvalue weighted by Crippen LogP contribution is -2.07. The van der Waals surface area contributed by atoms with Gasteiger partial charge in [-0.3, -0.25) is 4.79 Å². The van der Waals surface area contributed by atoms with Crippen molar-refractivity contribution in [2.45, 2.75) is 19.3 Å². The summed E-state index contributed by atoms with van der Waals surface area (Å²) in [4.78, 5) is 20.8. The Balaban J connectivity index is 2.38. The smallest absolute Gasteiger partial charge is 0.179 e. The highest BCUT2D eigenvalue weighted by Gasteiger charge is 2.12. The molecule has 0 fully saturated rings. The van der Waals surface area contributed by atoms with E-state index in [1.54, 1.807) is 6.07 Å². The fraction of sp³-hybridized carbons (Fsp3) is 0.364. The minimum Gasteiger partial charge on any atom is -0.336 e. The fourth-order valence-electron chi connectivity index (χ4n) is 1.57. The van der Waals surface area contributed by atoms with Crippen molar-refractivity contribution in [2.24, 2.45) is 0 Å². The number of hydrogen-bond donors (Lipinski definition) is 0. The Bertz CT molecular complexity index is 333. The minimum absolute atomic E-state index is 0.560. The lowest BCUT2D eigenvalue weighted by Gasteiger charge is -2.14. The van der Waals surface area contributed by atoms with Crippen molar-refractivity contribution in [1.29, 1.82) is 0 Å². The lowest BCUT2D eigenvalue weighted by atomic mass is 10.0. The zero-order valence-electron chi connectivity index (χ0n) is 7.86. The number of rotatable bonds is 1. The first kappa shape index (κ1) is 9.21. The largest absolute Gasteiger partial charge is 0.336 e. The van der Waals surface area contributed by atoms with Gasteiger partial charge in [0, 0.05) is 0 Å². The maximum absolute atomic E-state index is 10.7. The van der Waals surface area contributed by atoms with Crippen LogP contribution in [-0.4, -0.2) is 12.9 Å². The van der Waals surface area contributed by atoms with Gasteiger partial charge < -0.3 is 4.89 Å². The summed E-state index contributed by atoms with van der Waals surface area (Å²) in [6.07, 6.45) is 3.80. The molecule has 0 radical (unpaired) electrons. The highest BCUT2D eigenvalue weighted by molar-refractivity contribution is 5.80. The third-order valence-electron chi connectivity index (χ3n) is 2.32. The van der Waals surface area contributed by atoms with E-state index >= 15 is 0 Å². The molecular formula is C11H12O3. The summed E-state index contributed by atoms with van der Waals surface area (Å²) in [6.45, 7) is 0.590. The highest BCUT2D eigenvalue weighted by atomic mass is 17.2. The van der Waals surface area contributed by atoms with E-state index in [1.165, 1.54) is 0 Å². The summed E-state index contributed by atoms with van der Waals surface area (Å²) >= 11 is 0. The fourth-order valence-corrected chi connectivity index (χ4v) is 1.57. The summed E-state index contributed by atoms with van der Waals surface area (Å²) in [5.41, 5.74) is 1.61. The Kier molecular flexibility index (Phi) is 2.79. The zero-order chi connectivity index (χ0) is 9.80. The van der Waals surface area contributed by atoms with Gasteiger partial charge in [0.15, 0.2) is 12.0 Å². The Morgan fingerprint density at radius 2 is 2.21 bits per heavy atom. The van der Waals surface area contributed by atoms with Gasteiger partial charge in [0.25, 0.3) is 0 Å². The first-order valence-electron chi connectivity index (χ1n) is 4.78. The predicted octanol–water partition coefficient (Wildman–Crippen LogP) is 2.15. The van der Waals surface area contributed by atoms with E-state index in [-0.39, 0.29) is 0 Å². The summed E-state index contributed by atoms with van der Waals surface area (Å²) in [6, 6.07) is 5.57. The molecule has 0 aromatic heterocycles. The molecule has 0 aliphatic carbocycles. The van der Waals surface area contributed by atoms with Crippen LogP contribution in [0.2, 0.25) is 0 Å². The van der Waals surface area contributed by atoms with Crippen LogP contribution in [0.4, 0.5) is 0 Å². The molecule has 14 heavy (non-hydrogen) atoms. The van der Waals surface area contributed by atoms with Crippen molar-refractivity contribution in [1.82, 2.24) is 0 Å². The van der Waals surface area contributed by atoms with Crippen molar-refractivity contribution in [3.63, 3.8) is 0 Å². The standard InChI is InChI=1S/C11H12O3/c12-8-10-6-3-5-9-4-1-2-7-13-14-11(9)10/h3,5-6,8H,1-2,4,7H2. The van der Waals surface area contributed by atoms with E-state index < -0.39 is 0 Å². The van der Waals surface area contributed by atoms with Crippen LogP contribution in [0.15, 0.2) is 18.2 Å². The van der Waals surface area contributed by atoms with Crippen molar-refractivity contribution in [3.05, 3.63) is 29.3 Å². The Labute approximate surface area is 82.6 Å². The van der Waals surface area contributed by atoms with Gasteiger partial charge in [-0.1, -0.05) is 12.1 Å². The molecule has 0 bridgehead atoms. The molecule has 1 heterocycles. The van der Waals surface area contributed by atoms with E-state index in [0.717, 1.165) is 31.1 Å². The Morgan fingerprint density at radius 3 is 3.07 bits per heavy atom. The SMILES string of the molecule is O=Cc1cccc2c1OOCCCC2. The molecule has 1 aliphatic heterocycles. The molecule has 0 N–H and O–H groups in total. The maximum atomic E-state index is 10.7. The van der Waals surface area contributed by atoms with Gasteiger partial charge in [0.1, 0.15) is 0 Å². The number of aldehydes is 1. The predicted molar refractivity (Wildman–Crippen MR) is 51.3 cm³/mol. The van der Waals surface area contributed by atoms with Crippen LogP contribution in [0.3, 0.4) is 0 Å². The van der Waals surface area contributed by atoms with E-state index in [9.17, 15) is 4.79 Å². The summed E-state index contributed by atoms with van der Waals surface area (Å²) in [7, 11) is 0. The molecule has 0 saturated carbocycles. The normalized spacial score (nSPS) is 16.0. The number of fused-ring (bicyclic) bond motifs is 1. The van der Waals surface area contributed by atoms with Gasteiger partial charge in [0.05, 0.1) is 12.2 Å². The topological polar surface area (TPSA) is 35.5 Å². The molecule has 0 unspecified atom stereocenters. The third kappa shape index (κ3) is 1.77. The van der Waals surface area contributed by atoms with E-state index in [1.807, 2.05) is 12.1 Å². The van der Waals surface area contributed by atoms with Gasteiger partial charge in [-0.25, -0.2) is 0 Å². The van der Waals surface area contributed by atoms with Crippen LogP contribution >= 0.6 is 0 Å². The van der Waals surface area contributed by atoms with E-state index in [0.29, 0.717) is 17.9 Å². The molecule has 3 nitrogen and oxygen atoms in total. The molecule has 1 aromatic rings. The van der Waals surface area contributed by atoms with E-state index in [2.05, 4.69) is 0 Å². The van der Waals surface area contributed by atoms with Crippen molar-refractivity contribution < 1.29 is 14.6 Å². The van der Waals surface area contributed by atoms with Crippen molar-refractivity contribution in [3.8, 4) is 5.75 Å². The average molecular weight is 192 g/mol. The highest BCUT2D eigenvalue weighted by Crippen LogP contribution is 2.26. The average Bonchev–Trinajstić information content (AvgIpc) is 2.18. The molecule has 74 valence electrons. The molecule has 1 aromatic carbocycles. The van der Waals surface area contributed by atoms with Gasteiger partial charge in [-0.2, -0.15) is 4.89 Å². The van der Waals surface area contributed by atoms with Crippen LogP contribution < -0.4 is 4.89 Å². The van der Waals surface area contributed by atoms with Crippen molar-refractivity contribution in [2.75, 3.05) is 6.61 Å². The maximum Gasteiger partial charge on any atom is 0.179 e. The number of carbonyl (C=O) groups excluding carboxylic acids is 1. The van der Waals surface area contributed by atoms with Crippen LogP contribution in [0.25, 0.3) is 0 Å². The Hall–Kier alpha value is -1.35. The number of aryl methyl sites for hydroxylation is 1. The molecule has 1 aliphatic rings. The van der Waals surface area contributed by atoms with Crippen LogP contribution in [-0.2, 0) is 11.3 Å². The molecule has 0 atom stereocenters. The molecule has 0 spiro atoms. The second-order valence-electron chi connectivity index (χ2n) is 3.32. The lowest BCUT2D eigenvalue weighted by molar-refractivity contribution is -0.209. The second-order valence-corrected chi connectivity index (χ2v) is 3.32. The number of benzene rings is 1. The van der Waals surface area contributed by atoms with Crippen LogP contribution in [0.5, 0.6) is 5.75 Å². The third-order valence-corrected chi connectivity index (χ3v) is 2.32. The quantitative estimate of drug-likeness (QED) is 0.505. The van der Waals surface area contributed by atoms with Crippen LogP contribution in [0.1, 0.15) is 28.8 Å². The monoisotopic (exact) mass is 192 g/mol. The van der Waals surface area contributed by atoms with Gasteiger partial charge >= 0.3 is 0 Å². The zero-order valence-corrected chi connectivity index (χ0v) is 7.86. The first-order valence-corrected chi connectivity index (χ1v) is 4.78. The molecule has 0 amide bonds. The van der Waals surface area contributed by atoms with Gasteiger partial charge in [-0.05, 0) is 30.9 Å². The number of para-hydroxylation sites is 1. The number of hydrogen-bond acceptors (Lipinski definition) is 3. The second kappa shape index (κ2) is 4.24. The van der Waals surface area contributed by atoms with Gasteiger partial charge in [0.2, 0.25) is 0 Å². The molecule has 0 saturated heterocycles. The summed E-state index contributed by atoms with van der Waals surface area (Å²) in [5, 5.41) is 0. The first-order chi connectivity index (χ1) is 6.92. The summed E-state index contributed by atoms with van der Waals surface area (Å²) < 4.78 is 0. The molecule has 3 heteroatoms.